The van der Waals surface area contributed by atoms with Crippen molar-refractivity contribution in [3.05, 3.63) is 52.6 Å². The number of amides is 3. The van der Waals surface area contributed by atoms with E-state index in [1.165, 1.54) is 41.9 Å². The van der Waals surface area contributed by atoms with E-state index < -0.39 is 24.0 Å². The number of nitrogens with zero attached hydrogens (tertiary/aromatic N) is 2. The maximum atomic E-state index is 13.1. The fraction of sp³-hybridized carbons (Fsp3) is 0.364. The highest BCUT2D eigenvalue weighted by Crippen LogP contribution is 2.25. The molecule has 8 nitrogen and oxygen atoms in total. The highest BCUT2D eigenvalue weighted by molar-refractivity contribution is 6.31. The Morgan fingerprint density at radius 2 is 1.91 bits per heavy atom. The lowest BCUT2D eigenvalue weighted by atomic mass is 10.2. The highest BCUT2D eigenvalue weighted by atomic mass is 35.5. The van der Waals surface area contributed by atoms with Gasteiger partial charge in [-0.05, 0) is 57.0 Å². The number of esters is 1. The van der Waals surface area contributed by atoms with E-state index in [9.17, 15) is 18.8 Å². The Kier molecular flexibility index (Phi) is 7.63. The number of imide groups is 1. The van der Waals surface area contributed by atoms with Crippen LogP contribution in [-0.2, 0) is 14.3 Å². The quantitative estimate of drug-likeness (QED) is 0.503. The zero-order valence-electron chi connectivity index (χ0n) is 17.7. The van der Waals surface area contributed by atoms with Gasteiger partial charge in [-0.15, -0.1) is 0 Å². The van der Waals surface area contributed by atoms with Gasteiger partial charge in [-0.3, -0.25) is 10.1 Å². The van der Waals surface area contributed by atoms with Gasteiger partial charge < -0.3 is 10.1 Å². The molecule has 2 N–H and O–H groups in total. The average molecular weight is 463 g/mol. The SMILES string of the molecule is Cc1nn(-c2ccc(F)cc2)c(Cl)c1/C=C/C(=O)OC(C)C(=O)NC(=O)NC1CCCC1. The standard InChI is InChI=1S/C22H24ClFN4O4/c1-13-18(20(23)28(27-13)17-9-7-15(24)8-10-17)11-12-19(29)32-14(2)21(30)26-22(31)25-16-5-3-4-6-16/h7-12,14,16H,3-6H2,1-2H3,(H2,25,26,30,31)/b12-11+. The maximum absolute atomic E-state index is 13.1. The minimum absolute atomic E-state index is 0.0624. The zero-order valence-corrected chi connectivity index (χ0v) is 18.5. The van der Waals surface area contributed by atoms with E-state index in [0.29, 0.717) is 16.9 Å². The number of halogens is 2. The Morgan fingerprint density at radius 1 is 1.25 bits per heavy atom. The fourth-order valence-electron chi connectivity index (χ4n) is 3.38. The number of benzene rings is 1. The first-order valence-electron chi connectivity index (χ1n) is 10.3. The molecule has 170 valence electrons. The first-order chi connectivity index (χ1) is 15.2. The van der Waals surface area contributed by atoms with Crippen molar-refractivity contribution in [3.63, 3.8) is 0 Å². The number of carbonyl (C=O) groups excluding carboxylic acids is 3. The van der Waals surface area contributed by atoms with Crippen molar-refractivity contribution in [1.82, 2.24) is 20.4 Å². The second-order valence-electron chi connectivity index (χ2n) is 7.53. The minimum atomic E-state index is -1.17. The molecule has 32 heavy (non-hydrogen) atoms. The van der Waals surface area contributed by atoms with Gasteiger partial charge >= 0.3 is 12.0 Å². The van der Waals surface area contributed by atoms with Crippen LogP contribution in [0.4, 0.5) is 9.18 Å². The number of urea groups is 1. The van der Waals surface area contributed by atoms with E-state index in [1.54, 1.807) is 6.92 Å². The summed E-state index contributed by atoms with van der Waals surface area (Å²) in [6.07, 6.45) is 5.24. The molecule has 10 heteroatoms. The summed E-state index contributed by atoms with van der Waals surface area (Å²) in [5, 5.41) is 9.44. The summed E-state index contributed by atoms with van der Waals surface area (Å²) in [6, 6.07) is 5.09. The summed E-state index contributed by atoms with van der Waals surface area (Å²) < 4.78 is 19.6. The third kappa shape index (κ3) is 5.94. The van der Waals surface area contributed by atoms with Crippen LogP contribution in [0, 0.1) is 12.7 Å². The molecule has 0 saturated heterocycles. The molecule has 1 aliphatic carbocycles. The Morgan fingerprint density at radius 3 is 2.56 bits per heavy atom. The highest BCUT2D eigenvalue weighted by Gasteiger charge is 2.22. The topological polar surface area (TPSA) is 102 Å². The van der Waals surface area contributed by atoms with E-state index in [1.807, 2.05) is 0 Å². The molecule has 1 aromatic carbocycles. The summed E-state index contributed by atoms with van der Waals surface area (Å²) >= 11 is 6.37. The van der Waals surface area contributed by atoms with Crippen LogP contribution in [0.25, 0.3) is 11.8 Å². The van der Waals surface area contributed by atoms with Crippen molar-refractivity contribution < 1.29 is 23.5 Å². The molecule has 1 saturated carbocycles. The van der Waals surface area contributed by atoms with Crippen molar-refractivity contribution in [2.45, 2.75) is 51.7 Å². The molecular formula is C22H24ClFN4O4. The first-order valence-corrected chi connectivity index (χ1v) is 10.6. The average Bonchev–Trinajstić information content (AvgIpc) is 3.34. The Bertz CT molecular complexity index is 1030. The second-order valence-corrected chi connectivity index (χ2v) is 7.89. The van der Waals surface area contributed by atoms with Crippen LogP contribution in [0.5, 0.6) is 0 Å². The van der Waals surface area contributed by atoms with E-state index >= 15 is 0 Å². The molecule has 3 amide bonds. The first kappa shape index (κ1) is 23.5. The van der Waals surface area contributed by atoms with E-state index in [4.69, 9.17) is 16.3 Å². The molecule has 2 aromatic rings. The van der Waals surface area contributed by atoms with Crippen LogP contribution >= 0.6 is 11.6 Å². The summed E-state index contributed by atoms with van der Waals surface area (Å²) in [6.45, 7) is 3.07. The molecule has 1 atom stereocenters. The third-order valence-corrected chi connectivity index (χ3v) is 5.46. The molecule has 0 bridgehead atoms. The van der Waals surface area contributed by atoms with Crippen LogP contribution < -0.4 is 10.6 Å². The molecule has 3 rings (SSSR count). The van der Waals surface area contributed by atoms with Crippen molar-refractivity contribution in [3.8, 4) is 5.69 Å². The van der Waals surface area contributed by atoms with Crippen molar-refractivity contribution >= 4 is 35.6 Å². The fourth-order valence-corrected chi connectivity index (χ4v) is 3.71. The predicted octanol–water partition coefficient (Wildman–Crippen LogP) is 3.69. The molecule has 1 unspecified atom stereocenters. The second kappa shape index (κ2) is 10.4. The number of rotatable bonds is 6. The van der Waals surface area contributed by atoms with Gasteiger partial charge in [-0.25, -0.2) is 18.7 Å². The van der Waals surface area contributed by atoms with E-state index in [-0.39, 0.29) is 17.0 Å². The predicted molar refractivity (Wildman–Crippen MR) is 117 cm³/mol. The van der Waals surface area contributed by atoms with Crippen LogP contribution in [0.2, 0.25) is 5.15 Å². The van der Waals surface area contributed by atoms with Crippen molar-refractivity contribution in [2.75, 3.05) is 0 Å². The number of aryl methyl sites for hydroxylation is 1. The number of hydrogen-bond acceptors (Lipinski definition) is 5. The van der Waals surface area contributed by atoms with Gasteiger partial charge in [-0.2, -0.15) is 5.10 Å². The molecule has 0 radical (unpaired) electrons. The normalized spacial score (nSPS) is 15.0. The third-order valence-electron chi connectivity index (χ3n) is 5.09. The van der Waals surface area contributed by atoms with Gasteiger partial charge in [0.1, 0.15) is 11.0 Å². The van der Waals surface area contributed by atoms with Gasteiger partial charge in [-0.1, -0.05) is 24.4 Å². The monoisotopic (exact) mass is 462 g/mol. The van der Waals surface area contributed by atoms with E-state index in [0.717, 1.165) is 31.8 Å². The van der Waals surface area contributed by atoms with Gasteiger partial charge in [0.2, 0.25) is 0 Å². The Labute approximate surface area is 189 Å². The summed E-state index contributed by atoms with van der Waals surface area (Å²) in [4.78, 5) is 36.1. The minimum Gasteiger partial charge on any atom is -0.449 e. The van der Waals surface area contributed by atoms with Crippen LogP contribution in [0.1, 0.15) is 43.9 Å². The van der Waals surface area contributed by atoms with Gasteiger partial charge in [0.25, 0.3) is 5.91 Å². The largest absolute Gasteiger partial charge is 0.449 e. The molecule has 1 fully saturated rings. The van der Waals surface area contributed by atoms with Gasteiger partial charge in [0.15, 0.2) is 6.10 Å². The number of carbonyl (C=O) groups is 3. The molecule has 1 aromatic heterocycles. The van der Waals surface area contributed by atoms with Crippen LogP contribution in [0.15, 0.2) is 30.3 Å². The molecule has 0 spiro atoms. The lowest BCUT2D eigenvalue weighted by molar-refractivity contribution is -0.149. The number of aromatic nitrogens is 2. The van der Waals surface area contributed by atoms with Gasteiger partial charge in [0.05, 0.1) is 11.4 Å². The summed E-state index contributed by atoms with van der Waals surface area (Å²) in [5.74, 6) is -1.89. The molecule has 0 aliphatic heterocycles. The number of ether oxygens (including phenoxy) is 1. The van der Waals surface area contributed by atoms with Crippen LogP contribution in [0.3, 0.4) is 0 Å². The smallest absolute Gasteiger partial charge is 0.331 e. The lowest BCUT2D eigenvalue weighted by Gasteiger charge is -2.15. The van der Waals surface area contributed by atoms with Crippen molar-refractivity contribution in [1.29, 1.82) is 0 Å². The van der Waals surface area contributed by atoms with E-state index in [2.05, 4.69) is 15.7 Å². The molecule has 1 aliphatic rings. The number of nitrogens with one attached hydrogen (secondary N) is 2. The molecule has 1 heterocycles. The number of hydrogen-bond donors (Lipinski definition) is 2. The summed E-state index contributed by atoms with van der Waals surface area (Å²) in [7, 11) is 0. The van der Waals surface area contributed by atoms with Crippen LogP contribution in [-0.4, -0.2) is 39.8 Å². The Hall–Kier alpha value is -3.20. The Balaban J connectivity index is 1.57. The zero-order chi connectivity index (χ0) is 23.3. The molecular weight excluding hydrogens is 439 g/mol. The maximum Gasteiger partial charge on any atom is 0.331 e. The van der Waals surface area contributed by atoms with Gasteiger partial charge in [0, 0.05) is 17.7 Å². The van der Waals surface area contributed by atoms with Crippen molar-refractivity contribution in [2.24, 2.45) is 0 Å². The lowest BCUT2D eigenvalue weighted by Crippen LogP contribution is -2.47. The summed E-state index contributed by atoms with van der Waals surface area (Å²) in [5.41, 5.74) is 1.57.